The summed E-state index contributed by atoms with van der Waals surface area (Å²) < 4.78 is 0. The first-order valence-corrected chi connectivity index (χ1v) is 9.29. The lowest BCUT2D eigenvalue weighted by molar-refractivity contribution is 0.0929. The van der Waals surface area contributed by atoms with Crippen LogP contribution in [-0.4, -0.2) is 17.3 Å². The Balaban J connectivity index is 3.41. The van der Waals surface area contributed by atoms with Gasteiger partial charge in [-0.3, -0.25) is 14.4 Å². The molecule has 27 heavy (non-hydrogen) atoms. The van der Waals surface area contributed by atoms with Crippen molar-refractivity contribution in [2.45, 2.75) is 40.0 Å². The van der Waals surface area contributed by atoms with Crippen molar-refractivity contribution >= 4 is 17.3 Å². The molecular formula is C24H29O3. The highest BCUT2D eigenvalue weighted by Crippen LogP contribution is 2.22. The van der Waals surface area contributed by atoms with Crippen LogP contribution in [0.2, 0.25) is 0 Å². The molecule has 0 N–H and O–H groups in total. The maximum atomic E-state index is 12.8. The molecule has 3 atom stereocenters. The Hall–Kier alpha value is -2.55. The van der Waals surface area contributed by atoms with E-state index in [4.69, 9.17) is 0 Å². The molecule has 0 spiro atoms. The van der Waals surface area contributed by atoms with Crippen molar-refractivity contribution in [3.05, 3.63) is 72.9 Å². The molecule has 1 aromatic carbocycles. The van der Waals surface area contributed by atoms with Gasteiger partial charge in [-0.15, -0.1) is 19.7 Å². The number of carbonyl (C=O) groups excluding carboxylic acids is 3. The molecule has 0 aliphatic rings. The average molecular weight is 365 g/mol. The number of rotatable bonds is 12. The number of hydrogen-bond donors (Lipinski definition) is 0. The van der Waals surface area contributed by atoms with E-state index >= 15 is 0 Å². The van der Waals surface area contributed by atoms with Crippen molar-refractivity contribution in [1.29, 1.82) is 0 Å². The van der Waals surface area contributed by atoms with E-state index in [0.29, 0.717) is 24.8 Å². The minimum Gasteiger partial charge on any atom is -0.294 e. The lowest BCUT2D eigenvalue weighted by Crippen LogP contribution is -2.18. The SMILES string of the molecule is C=CCC(C)C(=O)c1[c]c(C(=O)C(C)CC=C)cc(C(=O)C(C)CC=C)c1. The highest BCUT2D eigenvalue weighted by molar-refractivity contribution is 6.07. The third-order valence-electron chi connectivity index (χ3n) is 4.59. The van der Waals surface area contributed by atoms with Gasteiger partial charge in [0.25, 0.3) is 0 Å². The quantitative estimate of drug-likeness (QED) is 0.354. The van der Waals surface area contributed by atoms with Crippen molar-refractivity contribution in [3.8, 4) is 0 Å². The monoisotopic (exact) mass is 365 g/mol. The topological polar surface area (TPSA) is 51.2 Å². The van der Waals surface area contributed by atoms with Gasteiger partial charge in [-0.1, -0.05) is 39.0 Å². The van der Waals surface area contributed by atoms with Crippen LogP contribution >= 0.6 is 0 Å². The fourth-order valence-corrected chi connectivity index (χ4v) is 2.86. The van der Waals surface area contributed by atoms with E-state index in [1.807, 2.05) is 6.92 Å². The number of carbonyl (C=O) groups is 3. The predicted octanol–water partition coefficient (Wildman–Crippen LogP) is 5.67. The van der Waals surface area contributed by atoms with Crippen LogP contribution in [0.15, 0.2) is 50.1 Å². The van der Waals surface area contributed by atoms with E-state index in [1.54, 1.807) is 44.2 Å². The molecule has 0 heterocycles. The first-order chi connectivity index (χ1) is 12.8. The van der Waals surface area contributed by atoms with Crippen molar-refractivity contribution in [1.82, 2.24) is 0 Å². The summed E-state index contributed by atoms with van der Waals surface area (Å²) in [6.45, 7) is 16.4. The van der Waals surface area contributed by atoms with Gasteiger partial charge in [0.15, 0.2) is 17.3 Å². The lowest BCUT2D eigenvalue weighted by Gasteiger charge is -2.15. The first kappa shape index (κ1) is 22.5. The maximum Gasteiger partial charge on any atom is 0.166 e. The van der Waals surface area contributed by atoms with Gasteiger partial charge in [-0.2, -0.15) is 0 Å². The first-order valence-electron chi connectivity index (χ1n) is 9.29. The largest absolute Gasteiger partial charge is 0.294 e. The third kappa shape index (κ3) is 5.99. The Morgan fingerprint density at radius 2 is 1.11 bits per heavy atom. The van der Waals surface area contributed by atoms with Gasteiger partial charge in [0, 0.05) is 40.5 Å². The van der Waals surface area contributed by atoms with Crippen molar-refractivity contribution in [3.63, 3.8) is 0 Å². The van der Waals surface area contributed by atoms with Gasteiger partial charge >= 0.3 is 0 Å². The van der Waals surface area contributed by atoms with Crippen LogP contribution in [0.1, 0.15) is 71.1 Å². The summed E-state index contributed by atoms with van der Waals surface area (Å²) in [6.07, 6.45) is 6.63. The highest BCUT2D eigenvalue weighted by atomic mass is 16.1. The van der Waals surface area contributed by atoms with Gasteiger partial charge in [0.2, 0.25) is 0 Å². The zero-order valence-electron chi connectivity index (χ0n) is 16.6. The Bertz CT molecular complexity index is 630. The number of ketones is 3. The Morgan fingerprint density at radius 1 is 0.778 bits per heavy atom. The molecule has 3 unspecified atom stereocenters. The summed E-state index contributed by atoms with van der Waals surface area (Å²) in [5.41, 5.74) is 0.914. The van der Waals surface area contributed by atoms with Gasteiger partial charge in [-0.05, 0) is 31.4 Å². The van der Waals surface area contributed by atoms with Crippen molar-refractivity contribution < 1.29 is 14.4 Å². The summed E-state index contributed by atoms with van der Waals surface area (Å²) in [5.74, 6) is -1.25. The highest BCUT2D eigenvalue weighted by Gasteiger charge is 2.23. The van der Waals surface area contributed by atoms with Crippen molar-refractivity contribution in [2.24, 2.45) is 17.8 Å². The summed E-state index contributed by atoms with van der Waals surface area (Å²) in [6, 6.07) is 6.06. The van der Waals surface area contributed by atoms with Crippen LogP contribution in [0.4, 0.5) is 0 Å². The molecule has 0 amide bonds. The van der Waals surface area contributed by atoms with E-state index in [2.05, 4.69) is 25.8 Å². The van der Waals surface area contributed by atoms with Gasteiger partial charge in [0.1, 0.15) is 0 Å². The van der Waals surface area contributed by atoms with Crippen LogP contribution in [0.25, 0.3) is 0 Å². The lowest BCUT2D eigenvalue weighted by atomic mass is 9.87. The number of Topliss-reactive ketones (excluding diaryl/α,β-unsaturated/α-hetero) is 3. The van der Waals surface area contributed by atoms with Crippen LogP contribution < -0.4 is 0 Å². The summed E-state index contributed by atoms with van der Waals surface area (Å²) in [5, 5.41) is 0. The fraction of sp³-hybridized carbons (Fsp3) is 0.375. The number of benzene rings is 1. The molecule has 3 nitrogen and oxygen atoms in total. The van der Waals surface area contributed by atoms with Gasteiger partial charge < -0.3 is 0 Å². The second-order valence-electron chi connectivity index (χ2n) is 7.07. The molecule has 143 valence electrons. The molecule has 0 bridgehead atoms. The minimum atomic E-state index is -0.289. The molecular weight excluding hydrogens is 336 g/mol. The van der Waals surface area contributed by atoms with E-state index < -0.39 is 0 Å². The zero-order chi connectivity index (χ0) is 20.6. The van der Waals surface area contributed by atoms with Crippen LogP contribution in [0.5, 0.6) is 0 Å². The van der Waals surface area contributed by atoms with Crippen LogP contribution in [0.3, 0.4) is 0 Å². The maximum absolute atomic E-state index is 12.8. The van der Waals surface area contributed by atoms with Gasteiger partial charge in [-0.25, -0.2) is 0 Å². The second-order valence-corrected chi connectivity index (χ2v) is 7.07. The van der Waals surface area contributed by atoms with Crippen LogP contribution in [0, 0.1) is 23.8 Å². The smallest absolute Gasteiger partial charge is 0.166 e. The summed E-state index contributed by atoms with van der Waals surface area (Å²) >= 11 is 0. The average Bonchev–Trinajstić information content (AvgIpc) is 2.66. The van der Waals surface area contributed by atoms with Crippen molar-refractivity contribution in [2.75, 3.05) is 0 Å². The standard InChI is InChI=1S/C24H29O3/c1-7-10-16(4)22(25)19-13-20(23(26)17(5)11-8-2)15-21(14-19)24(27)18(6)12-9-3/h7-9,13-14,16-18H,1-3,10-12H2,4-6H3. The Morgan fingerprint density at radius 3 is 1.44 bits per heavy atom. The Kier molecular flexibility index (Phi) is 8.80. The molecule has 0 aliphatic heterocycles. The third-order valence-corrected chi connectivity index (χ3v) is 4.59. The van der Waals surface area contributed by atoms with Gasteiger partial charge in [0.05, 0.1) is 0 Å². The molecule has 0 aromatic heterocycles. The summed E-state index contributed by atoms with van der Waals surface area (Å²) in [4.78, 5) is 38.2. The molecule has 3 heteroatoms. The number of hydrogen-bond acceptors (Lipinski definition) is 3. The molecule has 0 aliphatic carbocycles. The molecule has 0 saturated carbocycles. The molecule has 1 aromatic rings. The molecule has 1 radical (unpaired) electrons. The van der Waals surface area contributed by atoms with E-state index in [-0.39, 0.29) is 46.2 Å². The number of allylic oxidation sites excluding steroid dienone is 3. The molecule has 0 fully saturated rings. The van der Waals surface area contributed by atoms with E-state index in [9.17, 15) is 14.4 Å². The van der Waals surface area contributed by atoms with E-state index in [0.717, 1.165) is 0 Å². The molecule has 1 rings (SSSR count). The second kappa shape index (κ2) is 10.6. The molecule has 0 saturated heterocycles. The fourth-order valence-electron chi connectivity index (χ4n) is 2.86. The summed E-state index contributed by atoms with van der Waals surface area (Å²) in [7, 11) is 0. The minimum absolute atomic E-state index is 0.111. The van der Waals surface area contributed by atoms with E-state index in [1.165, 1.54) is 0 Å². The van der Waals surface area contributed by atoms with Crippen LogP contribution in [-0.2, 0) is 0 Å². The predicted molar refractivity (Wildman–Crippen MR) is 110 cm³/mol. The Labute approximate surface area is 162 Å². The normalized spacial score (nSPS) is 13.9. The zero-order valence-corrected chi connectivity index (χ0v) is 16.6.